The lowest BCUT2D eigenvalue weighted by atomic mass is 9.94. The molecule has 2 amide bonds. The van der Waals surface area contributed by atoms with Crippen LogP contribution in [-0.4, -0.2) is 50.9 Å². The van der Waals surface area contributed by atoms with E-state index in [9.17, 15) is 18.0 Å². The second-order valence-electron chi connectivity index (χ2n) is 12.0. The van der Waals surface area contributed by atoms with Gasteiger partial charge in [0, 0.05) is 19.0 Å². The number of carbonyl (C=O) groups is 2. The van der Waals surface area contributed by atoms with Gasteiger partial charge < -0.3 is 15.0 Å². The lowest BCUT2D eigenvalue weighted by molar-refractivity contribution is -0.140. The molecule has 0 aliphatic heterocycles. The Balaban J connectivity index is 1.55. The molecule has 0 aromatic heterocycles. The van der Waals surface area contributed by atoms with Crippen molar-refractivity contribution in [2.75, 3.05) is 18.0 Å². The Morgan fingerprint density at radius 2 is 1.45 bits per heavy atom. The van der Waals surface area contributed by atoms with Gasteiger partial charge in [-0.1, -0.05) is 92.1 Å². The number of anilines is 1. The van der Waals surface area contributed by atoms with Crippen molar-refractivity contribution in [3.8, 4) is 5.75 Å². The zero-order chi connectivity index (χ0) is 33.2. The van der Waals surface area contributed by atoms with Crippen LogP contribution in [0.3, 0.4) is 0 Å². The fourth-order valence-corrected chi connectivity index (χ4v) is 7.48. The molecule has 246 valence electrons. The van der Waals surface area contributed by atoms with Crippen molar-refractivity contribution in [1.29, 1.82) is 0 Å². The number of nitrogens with zero attached hydrogens (tertiary/aromatic N) is 2. The van der Waals surface area contributed by atoms with Crippen LogP contribution < -0.4 is 14.4 Å². The molecule has 4 aromatic carbocycles. The lowest BCUT2D eigenvalue weighted by Gasteiger charge is -2.35. The quantitative estimate of drug-likeness (QED) is 0.183. The van der Waals surface area contributed by atoms with Crippen LogP contribution in [-0.2, 0) is 32.6 Å². The van der Waals surface area contributed by atoms with Gasteiger partial charge in [0.05, 0.1) is 17.7 Å². The number of hydrogen-bond acceptors (Lipinski definition) is 5. The molecule has 1 aliphatic carbocycles. The topological polar surface area (TPSA) is 96.0 Å². The first kappa shape index (κ1) is 33.7. The van der Waals surface area contributed by atoms with Crippen LogP contribution in [0.2, 0.25) is 0 Å². The van der Waals surface area contributed by atoms with Crippen LogP contribution in [0.5, 0.6) is 5.75 Å². The summed E-state index contributed by atoms with van der Waals surface area (Å²) in [5.41, 5.74) is 3.11. The van der Waals surface area contributed by atoms with E-state index in [0.717, 1.165) is 53.1 Å². The predicted molar refractivity (Wildman–Crippen MR) is 185 cm³/mol. The second kappa shape index (κ2) is 15.8. The molecule has 5 rings (SSSR count). The first-order valence-corrected chi connectivity index (χ1v) is 17.6. The standard InChI is InChI=1S/C38H43N3O5S/c1-29-14-12-13-17-31(29)27-40(36(26-30-15-6-3-7-16-30)38(43)39-32-18-8-4-9-19-32)37(42)28-41(33-20-10-5-11-21-33)47(44,45)35-24-22-34(46-2)23-25-35/h3,5-7,10-17,20-25,32,36H,4,8-9,18-19,26-28H2,1-2H3,(H,39,43). The number of ether oxygens (including phenoxy) is 1. The molecule has 8 nitrogen and oxygen atoms in total. The van der Waals surface area contributed by atoms with E-state index >= 15 is 0 Å². The number of rotatable bonds is 13. The highest BCUT2D eigenvalue weighted by molar-refractivity contribution is 7.92. The molecule has 9 heteroatoms. The molecular formula is C38H43N3O5S. The van der Waals surface area contributed by atoms with Gasteiger partial charge >= 0.3 is 0 Å². The van der Waals surface area contributed by atoms with E-state index in [1.807, 2.05) is 61.5 Å². The second-order valence-corrected chi connectivity index (χ2v) is 13.9. The van der Waals surface area contributed by atoms with Gasteiger partial charge in [-0.15, -0.1) is 0 Å². The van der Waals surface area contributed by atoms with Crippen molar-refractivity contribution < 1.29 is 22.7 Å². The Hall–Kier alpha value is -4.63. The maximum Gasteiger partial charge on any atom is 0.264 e. The molecule has 1 aliphatic rings. The minimum Gasteiger partial charge on any atom is -0.497 e. The monoisotopic (exact) mass is 653 g/mol. The van der Waals surface area contributed by atoms with Crippen LogP contribution in [0.4, 0.5) is 5.69 Å². The summed E-state index contributed by atoms with van der Waals surface area (Å²) in [5, 5.41) is 3.25. The van der Waals surface area contributed by atoms with Gasteiger partial charge in [0.1, 0.15) is 18.3 Å². The highest BCUT2D eigenvalue weighted by Crippen LogP contribution is 2.27. The summed E-state index contributed by atoms with van der Waals surface area (Å²) in [6.45, 7) is 1.62. The highest BCUT2D eigenvalue weighted by atomic mass is 32.2. The number of hydrogen-bond donors (Lipinski definition) is 1. The van der Waals surface area contributed by atoms with E-state index in [2.05, 4.69) is 5.32 Å². The number of para-hydroxylation sites is 1. The van der Waals surface area contributed by atoms with Gasteiger partial charge in [0.25, 0.3) is 10.0 Å². The van der Waals surface area contributed by atoms with Crippen molar-refractivity contribution in [1.82, 2.24) is 10.2 Å². The van der Waals surface area contributed by atoms with Gasteiger partial charge in [0.2, 0.25) is 11.8 Å². The minimum atomic E-state index is -4.19. The molecule has 0 bridgehead atoms. The summed E-state index contributed by atoms with van der Waals surface area (Å²) in [7, 11) is -2.67. The average molecular weight is 654 g/mol. The van der Waals surface area contributed by atoms with Crippen LogP contribution in [0, 0.1) is 6.92 Å². The van der Waals surface area contributed by atoms with Crippen molar-refractivity contribution in [3.05, 3.63) is 126 Å². The van der Waals surface area contributed by atoms with E-state index in [-0.39, 0.29) is 29.8 Å². The predicted octanol–water partition coefficient (Wildman–Crippen LogP) is 6.29. The third kappa shape index (κ3) is 8.60. The molecule has 0 saturated heterocycles. The van der Waals surface area contributed by atoms with E-state index in [1.165, 1.54) is 19.2 Å². The van der Waals surface area contributed by atoms with E-state index in [1.54, 1.807) is 47.4 Å². The molecule has 47 heavy (non-hydrogen) atoms. The smallest absolute Gasteiger partial charge is 0.264 e. The van der Waals surface area contributed by atoms with Gasteiger partial charge in [-0.2, -0.15) is 0 Å². The molecule has 1 N–H and O–H groups in total. The number of aryl methyl sites for hydroxylation is 1. The molecule has 1 unspecified atom stereocenters. The fourth-order valence-electron chi connectivity index (χ4n) is 6.07. The molecule has 1 saturated carbocycles. The van der Waals surface area contributed by atoms with Crippen LogP contribution in [0.1, 0.15) is 48.8 Å². The lowest BCUT2D eigenvalue weighted by Crippen LogP contribution is -2.55. The number of methoxy groups -OCH3 is 1. The molecule has 4 aromatic rings. The largest absolute Gasteiger partial charge is 0.497 e. The zero-order valence-electron chi connectivity index (χ0n) is 27.0. The number of benzene rings is 4. The van der Waals surface area contributed by atoms with E-state index in [4.69, 9.17) is 4.74 Å². The Morgan fingerprint density at radius 3 is 2.09 bits per heavy atom. The summed E-state index contributed by atoms with van der Waals surface area (Å²) in [5.74, 6) is -0.190. The number of amides is 2. The summed E-state index contributed by atoms with van der Waals surface area (Å²) in [6.07, 6.45) is 5.34. The Bertz CT molecular complexity index is 1720. The van der Waals surface area contributed by atoms with Crippen LogP contribution in [0.25, 0.3) is 0 Å². The average Bonchev–Trinajstić information content (AvgIpc) is 3.10. The summed E-state index contributed by atoms with van der Waals surface area (Å²) >= 11 is 0. The first-order valence-electron chi connectivity index (χ1n) is 16.2. The van der Waals surface area contributed by atoms with Crippen LogP contribution in [0.15, 0.2) is 114 Å². The van der Waals surface area contributed by atoms with Crippen LogP contribution >= 0.6 is 0 Å². The van der Waals surface area contributed by atoms with Crippen molar-refractivity contribution in [3.63, 3.8) is 0 Å². The summed E-state index contributed by atoms with van der Waals surface area (Å²) < 4.78 is 34.8. The maximum absolute atomic E-state index is 14.7. The molecule has 0 radical (unpaired) electrons. The third-order valence-corrected chi connectivity index (χ3v) is 10.6. The maximum atomic E-state index is 14.7. The van der Waals surface area contributed by atoms with Crippen molar-refractivity contribution >= 4 is 27.5 Å². The third-order valence-electron chi connectivity index (χ3n) is 8.80. The Morgan fingerprint density at radius 1 is 0.830 bits per heavy atom. The molecule has 1 atom stereocenters. The first-order chi connectivity index (χ1) is 22.8. The van der Waals surface area contributed by atoms with Gasteiger partial charge in [-0.25, -0.2) is 8.42 Å². The van der Waals surface area contributed by atoms with Gasteiger partial charge in [-0.05, 0) is 72.9 Å². The van der Waals surface area contributed by atoms with Crippen molar-refractivity contribution in [2.45, 2.75) is 69.0 Å². The van der Waals surface area contributed by atoms with Gasteiger partial charge in [-0.3, -0.25) is 13.9 Å². The minimum absolute atomic E-state index is 0.0243. The van der Waals surface area contributed by atoms with E-state index in [0.29, 0.717) is 11.4 Å². The zero-order valence-corrected chi connectivity index (χ0v) is 27.9. The van der Waals surface area contributed by atoms with E-state index < -0.39 is 28.5 Å². The number of nitrogens with one attached hydrogen (secondary N) is 1. The normalized spacial score (nSPS) is 14.2. The molecule has 0 heterocycles. The SMILES string of the molecule is COc1ccc(S(=O)(=O)N(CC(=O)N(Cc2ccccc2C)C(Cc2ccccc2)C(=O)NC2CCCCC2)c2ccccc2)cc1. The molecule has 1 fully saturated rings. The Labute approximate surface area is 278 Å². The fraction of sp³-hybridized carbons (Fsp3) is 0.316. The van der Waals surface area contributed by atoms with Gasteiger partial charge in [0.15, 0.2) is 0 Å². The molecular weight excluding hydrogens is 611 g/mol. The van der Waals surface area contributed by atoms with Crippen molar-refractivity contribution in [2.24, 2.45) is 0 Å². The highest BCUT2D eigenvalue weighted by Gasteiger charge is 2.35. The number of sulfonamides is 1. The summed E-state index contributed by atoms with van der Waals surface area (Å²) in [6, 6.07) is 31.2. The number of carbonyl (C=O) groups excluding carboxylic acids is 2. The Kier molecular flexibility index (Phi) is 11.3. The summed E-state index contributed by atoms with van der Waals surface area (Å²) in [4.78, 5) is 30.5. The molecule has 0 spiro atoms.